The van der Waals surface area contributed by atoms with Gasteiger partial charge in [-0.3, -0.25) is 4.79 Å². The van der Waals surface area contributed by atoms with Gasteiger partial charge in [0.1, 0.15) is 0 Å². The van der Waals surface area contributed by atoms with Gasteiger partial charge >= 0.3 is 0 Å². The van der Waals surface area contributed by atoms with Crippen LogP contribution < -0.4 is 11.1 Å². The number of amides is 1. The van der Waals surface area contributed by atoms with Crippen molar-refractivity contribution in [2.45, 2.75) is 51.5 Å². The molecule has 2 fully saturated rings. The second-order valence-electron chi connectivity index (χ2n) is 6.54. The van der Waals surface area contributed by atoms with E-state index in [4.69, 9.17) is 10.5 Å². The van der Waals surface area contributed by atoms with E-state index in [-0.39, 0.29) is 30.7 Å². The molecule has 0 aliphatic carbocycles. The molecule has 0 radical (unpaired) electrons. The molecule has 2 rings (SSSR count). The number of hydrogen-bond acceptors (Lipinski definition) is 4. The van der Waals surface area contributed by atoms with Crippen molar-refractivity contribution in [3.8, 4) is 0 Å². The molecule has 138 valence electrons. The number of piperidine rings is 1. The van der Waals surface area contributed by atoms with E-state index in [0.717, 1.165) is 38.8 Å². The van der Waals surface area contributed by atoms with E-state index in [1.54, 1.807) is 0 Å². The zero-order chi connectivity index (χ0) is 15.1. The van der Waals surface area contributed by atoms with Crippen LogP contribution in [-0.2, 0) is 9.53 Å². The highest BCUT2D eigenvalue weighted by Crippen LogP contribution is 2.30. The van der Waals surface area contributed by atoms with Crippen LogP contribution in [0.3, 0.4) is 0 Å². The third-order valence-corrected chi connectivity index (χ3v) is 5.07. The number of rotatable bonds is 6. The van der Waals surface area contributed by atoms with E-state index in [0.29, 0.717) is 25.8 Å². The molecule has 0 spiro atoms. The van der Waals surface area contributed by atoms with Gasteiger partial charge in [-0.1, -0.05) is 13.3 Å². The number of carbonyl (C=O) groups is 1. The lowest BCUT2D eigenvalue weighted by Crippen LogP contribution is -2.53. The number of halogens is 2. The summed E-state index contributed by atoms with van der Waals surface area (Å²) >= 11 is 0. The first-order chi connectivity index (χ1) is 10.2. The van der Waals surface area contributed by atoms with E-state index in [1.807, 2.05) is 0 Å². The van der Waals surface area contributed by atoms with Crippen LogP contribution in [0.5, 0.6) is 0 Å². The van der Waals surface area contributed by atoms with Gasteiger partial charge in [-0.25, -0.2) is 0 Å². The summed E-state index contributed by atoms with van der Waals surface area (Å²) in [7, 11) is 0. The van der Waals surface area contributed by atoms with Crippen LogP contribution in [0, 0.1) is 5.41 Å². The maximum absolute atomic E-state index is 12.6. The molecule has 0 aromatic carbocycles. The summed E-state index contributed by atoms with van der Waals surface area (Å²) in [5.74, 6) is 0.153. The SMILES string of the molecule is CCCCN1CCC(NC(=O)C2(CN)CCOCC2)CC1.Cl.Cl. The molecule has 0 aromatic heterocycles. The van der Waals surface area contributed by atoms with Gasteiger partial charge in [-0.05, 0) is 38.6 Å². The summed E-state index contributed by atoms with van der Waals surface area (Å²) < 4.78 is 5.38. The van der Waals surface area contributed by atoms with Gasteiger partial charge in [-0.15, -0.1) is 24.8 Å². The minimum atomic E-state index is -0.391. The maximum atomic E-state index is 12.6. The van der Waals surface area contributed by atoms with E-state index < -0.39 is 5.41 Å². The highest BCUT2D eigenvalue weighted by atomic mass is 35.5. The van der Waals surface area contributed by atoms with Crippen molar-refractivity contribution in [2.75, 3.05) is 39.4 Å². The average Bonchev–Trinajstić information content (AvgIpc) is 2.54. The Morgan fingerprint density at radius 1 is 1.26 bits per heavy atom. The number of unbranched alkanes of at least 4 members (excludes halogenated alkanes) is 1. The summed E-state index contributed by atoms with van der Waals surface area (Å²) in [5.41, 5.74) is 5.51. The highest BCUT2D eigenvalue weighted by molar-refractivity contribution is 5.85. The van der Waals surface area contributed by atoms with Gasteiger partial charge in [0.2, 0.25) is 5.91 Å². The Balaban J connectivity index is 0.00000242. The number of nitrogens with two attached hydrogens (primary N) is 1. The van der Waals surface area contributed by atoms with Crippen molar-refractivity contribution >= 4 is 30.7 Å². The quantitative estimate of drug-likeness (QED) is 0.750. The summed E-state index contributed by atoms with van der Waals surface area (Å²) in [6.45, 7) is 7.36. The zero-order valence-corrected chi connectivity index (χ0v) is 15.9. The molecule has 2 heterocycles. The van der Waals surface area contributed by atoms with Crippen molar-refractivity contribution in [3.63, 3.8) is 0 Å². The fourth-order valence-electron chi connectivity index (χ4n) is 3.31. The van der Waals surface area contributed by atoms with Gasteiger partial charge in [0, 0.05) is 38.9 Å². The fraction of sp³-hybridized carbons (Fsp3) is 0.938. The zero-order valence-electron chi connectivity index (χ0n) is 14.2. The Hall–Kier alpha value is -0.0700. The molecule has 1 amide bonds. The third-order valence-electron chi connectivity index (χ3n) is 5.07. The molecule has 0 atom stereocenters. The molecule has 0 bridgehead atoms. The molecule has 2 saturated heterocycles. The molecular weight excluding hydrogens is 337 g/mol. The van der Waals surface area contributed by atoms with Crippen LogP contribution >= 0.6 is 24.8 Å². The topological polar surface area (TPSA) is 67.6 Å². The van der Waals surface area contributed by atoms with Crippen LogP contribution in [0.4, 0.5) is 0 Å². The summed E-state index contributed by atoms with van der Waals surface area (Å²) in [6, 6.07) is 0.321. The van der Waals surface area contributed by atoms with Crippen molar-refractivity contribution in [1.29, 1.82) is 0 Å². The minimum absolute atomic E-state index is 0. The fourth-order valence-corrected chi connectivity index (χ4v) is 3.31. The summed E-state index contributed by atoms with van der Waals surface area (Å²) in [5, 5.41) is 3.26. The Labute approximate surface area is 152 Å². The Kier molecular flexibility index (Phi) is 11.4. The first-order valence-electron chi connectivity index (χ1n) is 8.51. The van der Waals surface area contributed by atoms with Crippen LogP contribution in [-0.4, -0.2) is 56.2 Å². The normalized spacial score (nSPS) is 21.8. The predicted octanol–water partition coefficient (Wildman–Crippen LogP) is 1.97. The summed E-state index contributed by atoms with van der Waals surface area (Å²) in [4.78, 5) is 15.1. The Morgan fingerprint density at radius 2 is 1.87 bits per heavy atom. The van der Waals surface area contributed by atoms with Gasteiger partial charge in [0.05, 0.1) is 5.41 Å². The van der Waals surface area contributed by atoms with E-state index in [1.165, 1.54) is 19.4 Å². The Morgan fingerprint density at radius 3 is 2.39 bits per heavy atom. The van der Waals surface area contributed by atoms with Crippen LogP contribution in [0.25, 0.3) is 0 Å². The van der Waals surface area contributed by atoms with E-state index in [9.17, 15) is 4.79 Å². The lowest BCUT2D eigenvalue weighted by atomic mass is 9.79. The standard InChI is InChI=1S/C16H31N3O2.2ClH/c1-2-3-8-19-9-4-14(5-10-19)18-15(20)16(13-17)6-11-21-12-7-16;;/h14H,2-13,17H2,1H3,(H,18,20);2*1H. The smallest absolute Gasteiger partial charge is 0.227 e. The summed E-state index contributed by atoms with van der Waals surface area (Å²) in [6.07, 6.45) is 6.15. The number of nitrogens with zero attached hydrogens (tertiary/aromatic N) is 1. The second kappa shape index (κ2) is 11.5. The molecule has 0 aromatic rings. The molecule has 2 aliphatic rings. The highest BCUT2D eigenvalue weighted by Gasteiger charge is 2.39. The molecule has 5 nitrogen and oxygen atoms in total. The van der Waals surface area contributed by atoms with E-state index >= 15 is 0 Å². The van der Waals surface area contributed by atoms with Crippen LogP contribution in [0.1, 0.15) is 45.4 Å². The van der Waals surface area contributed by atoms with Crippen molar-refractivity contribution in [1.82, 2.24) is 10.2 Å². The number of carbonyl (C=O) groups excluding carboxylic acids is 1. The van der Waals surface area contributed by atoms with Crippen LogP contribution in [0.15, 0.2) is 0 Å². The number of nitrogens with one attached hydrogen (secondary N) is 1. The third kappa shape index (κ3) is 6.39. The first-order valence-corrected chi connectivity index (χ1v) is 8.51. The number of hydrogen-bond donors (Lipinski definition) is 2. The molecule has 23 heavy (non-hydrogen) atoms. The van der Waals surface area contributed by atoms with Crippen molar-refractivity contribution in [2.24, 2.45) is 11.1 Å². The Bertz CT molecular complexity index is 331. The molecule has 0 saturated carbocycles. The average molecular weight is 370 g/mol. The molecule has 0 unspecified atom stereocenters. The first kappa shape index (κ1) is 22.9. The molecule has 2 aliphatic heterocycles. The number of ether oxygens (including phenoxy) is 1. The number of likely N-dealkylation sites (tertiary alicyclic amines) is 1. The van der Waals surface area contributed by atoms with E-state index in [2.05, 4.69) is 17.1 Å². The van der Waals surface area contributed by atoms with Gasteiger partial charge in [0.15, 0.2) is 0 Å². The molecule has 7 heteroatoms. The molecule has 3 N–H and O–H groups in total. The van der Waals surface area contributed by atoms with Crippen molar-refractivity contribution < 1.29 is 9.53 Å². The molecular formula is C16H33Cl2N3O2. The van der Waals surface area contributed by atoms with Crippen molar-refractivity contribution in [3.05, 3.63) is 0 Å². The minimum Gasteiger partial charge on any atom is -0.381 e. The van der Waals surface area contributed by atoms with Gasteiger partial charge in [-0.2, -0.15) is 0 Å². The monoisotopic (exact) mass is 369 g/mol. The maximum Gasteiger partial charge on any atom is 0.227 e. The second-order valence-corrected chi connectivity index (χ2v) is 6.54. The largest absolute Gasteiger partial charge is 0.381 e. The predicted molar refractivity (Wildman–Crippen MR) is 98.5 cm³/mol. The lowest BCUT2D eigenvalue weighted by molar-refractivity contribution is -0.137. The van der Waals surface area contributed by atoms with Gasteiger partial charge < -0.3 is 20.7 Å². The lowest BCUT2D eigenvalue weighted by Gasteiger charge is -2.38. The van der Waals surface area contributed by atoms with Gasteiger partial charge in [0.25, 0.3) is 0 Å². The van der Waals surface area contributed by atoms with Crippen LogP contribution in [0.2, 0.25) is 0 Å².